The van der Waals surface area contributed by atoms with Crippen molar-refractivity contribution in [1.29, 1.82) is 0 Å². The number of amides is 3. The summed E-state index contributed by atoms with van der Waals surface area (Å²) < 4.78 is 0. The Bertz CT molecular complexity index is 727. The van der Waals surface area contributed by atoms with Crippen molar-refractivity contribution in [2.75, 3.05) is 6.54 Å². The molecule has 2 N–H and O–H groups in total. The molecule has 1 aliphatic heterocycles. The Morgan fingerprint density at radius 3 is 2.26 bits per heavy atom. The number of aliphatic hydroxyl groups is 1. The summed E-state index contributed by atoms with van der Waals surface area (Å²) in [7, 11) is 0. The third-order valence-corrected chi connectivity index (χ3v) is 8.25. The van der Waals surface area contributed by atoms with E-state index in [0.29, 0.717) is 44.6 Å². The first-order valence-corrected chi connectivity index (χ1v) is 13.5. The van der Waals surface area contributed by atoms with E-state index in [0.717, 1.165) is 38.0 Å². The van der Waals surface area contributed by atoms with Crippen LogP contribution in [0.4, 0.5) is 0 Å². The summed E-state index contributed by atoms with van der Waals surface area (Å²) in [5.41, 5.74) is 0. The van der Waals surface area contributed by atoms with Gasteiger partial charge in [-0.25, -0.2) is 0 Å². The van der Waals surface area contributed by atoms with E-state index in [9.17, 15) is 24.3 Å². The molecule has 0 spiro atoms. The van der Waals surface area contributed by atoms with E-state index in [4.69, 9.17) is 0 Å². The van der Waals surface area contributed by atoms with Crippen molar-refractivity contribution >= 4 is 23.5 Å². The number of piperidine rings is 1. The van der Waals surface area contributed by atoms with Gasteiger partial charge >= 0.3 is 0 Å². The fourth-order valence-electron chi connectivity index (χ4n) is 6.18. The van der Waals surface area contributed by atoms with Crippen molar-refractivity contribution in [3.63, 3.8) is 0 Å². The van der Waals surface area contributed by atoms with Crippen LogP contribution in [0.3, 0.4) is 0 Å². The summed E-state index contributed by atoms with van der Waals surface area (Å²) in [6, 6.07) is 0.288. The molecule has 3 fully saturated rings. The molecule has 7 nitrogen and oxygen atoms in total. The lowest BCUT2D eigenvalue weighted by molar-refractivity contribution is -0.150. The summed E-state index contributed by atoms with van der Waals surface area (Å²) >= 11 is 0. The number of likely N-dealkylation sites (tertiary alicyclic amines) is 1. The highest BCUT2D eigenvalue weighted by atomic mass is 16.3. The van der Waals surface area contributed by atoms with Gasteiger partial charge in [0, 0.05) is 43.7 Å². The largest absolute Gasteiger partial charge is 0.392 e. The van der Waals surface area contributed by atoms with Crippen LogP contribution in [0.5, 0.6) is 0 Å². The lowest BCUT2D eigenvalue weighted by atomic mass is 9.71. The van der Waals surface area contributed by atoms with E-state index in [2.05, 4.69) is 19.2 Å². The molecule has 1 unspecified atom stereocenters. The van der Waals surface area contributed by atoms with Gasteiger partial charge in [0.15, 0.2) is 0 Å². The fourth-order valence-corrected chi connectivity index (χ4v) is 6.18. The molecule has 0 aromatic rings. The highest BCUT2D eigenvalue weighted by Crippen LogP contribution is 2.35. The van der Waals surface area contributed by atoms with E-state index >= 15 is 0 Å². The fraction of sp³-hybridized carbons (Fsp3) is 0.852. The molecule has 192 valence electrons. The number of carbonyl (C=O) groups excluding carboxylic acids is 4. The zero-order valence-electron chi connectivity index (χ0n) is 21.3. The molecular weight excluding hydrogens is 432 g/mol. The van der Waals surface area contributed by atoms with Gasteiger partial charge < -0.3 is 10.4 Å². The van der Waals surface area contributed by atoms with Crippen molar-refractivity contribution in [1.82, 2.24) is 10.2 Å². The number of imide groups is 1. The van der Waals surface area contributed by atoms with Crippen LogP contribution in [0.15, 0.2) is 0 Å². The van der Waals surface area contributed by atoms with Crippen molar-refractivity contribution in [3.05, 3.63) is 0 Å². The number of nitrogens with zero attached hydrogens (tertiary/aromatic N) is 1. The topological polar surface area (TPSA) is 104 Å². The average Bonchev–Trinajstić information content (AvgIpc) is 2.76. The maximum Gasteiger partial charge on any atom is 0.229 e. The SMILES string of the molecule is CC1CCC(NC(=O)CCCCN2C(=O)CC(C[C@@H](O)C3C[C@@H](C)C[C@H](C)C3=O)CC2=O)CC1. The maximum atomic E-state index is 12.6. The molecular formula is C27H44N2O5. The first kappa shape index (κ1) is 26.8. The lowest BCUT2D eigenvalue weighted by Crippen LogP contribution is -2.45. The maximum absolute atomic E-state index is 12.6. The monoisotopic (exact) mass is 476 g/mol. The molecule has 7 heteroatoms. The Kier molecular flexibility index (Phi) is 9.69. The molecule has 0 bridgehead atoms. The number of hydrogen-bond acceptors (Lipinski definition) is 5. The van der Waals surface area contributed by atoms with Gasteiger partial charge in [0.2, 0.25) is 17.7 Å². The van der Waals surface area contributed by atoms with E-state index < -0.39 is 6.10 Å². The summed E-state index contributed by atoms with van der Waals surface area (Å²) in [4.78, 5) is 51.3. The van der Waals surface area contributed by atoms with Crippen LogP contribution < -0.4 is 5.32 Å². The first-order valence-electron chi connectivity index (χ1n) is 13.5. The van der Waals surface area contributed by atoms with Crippen molar-refractivity contribution in [2.24, 2.45) is 29.6 Å². The summed E-state index contributed by atoms with van der Waals surface area (Å²) in [6.07, 6.45) is 7.64. The number of carbonyl (C=O) groups is 4. The quantitative estimate of drug-likeness (QED) is 0.391. The van der Waals surface area contributed by atoms with Crippen molar-refractivity contribution in [3.8, 4) is 0 Å². The predicted octanol–water partition coefficient (Wildman–Crippen LogP) is 3.62. The molecule has 3 amide bonds. The molecule has 0 aromatic heterocycles. The molecule has 1 saturated heterocycles. The highest BCUT2D eigenvalue weighted by Gasteiger charge is 2.39. The number of ketones is 1. The van der Waals surface area contributed by atoms with Crippen LogP contribution in [0, 0.1) is 29.6 Å². The molecule has 2 saturated carbocycles. The third kappa shape index (κ3) is 7.37. The van der Waals surface area contributed by atoms with Gasteiger partial charge in [-0.15, -0.1) is 0 Å². The van der Waals surface area contributed by atoms with Gasteiger partial charge in [0.25, 0.3) is 0 Å². The van der Waals surface area contributed by atoms with Gasteiger partial charge in [-0.2, -0.15) is 0 Å². The number of rotatable bonds is 9. The third-order valence-electron chi connectivity index (χ3n) is 8.25. The Morgan fingerprint density at radius 2 is 1.62 bits per heavy atom. The van der Waals surface area contributed by atoms with Crippen molar-refractivity contribution < 1.29 is 24.3 Å². The molecule has 0 aromatic carbocycles. The zero-order chi connectivity index (χ0) is 24.8. The number of hydrogen-bond donors (Lipinski definition) is 2. The van der Waals surface area contributed by atoms with Crippen LogP contribution in [0.25, 0.3) is 0 Å². The second-order valence-corrected chi connectivity index (χ2v) is 11.5. The average molecular weight is 477 g/mol. The minimum absolute atomic E-state index is 0.0399. The minimum atomic E-state index is -0.791. The zero-order valence-corrected chi connectivity index (χ0v) is 21.3. The standard InChI is InChI=1S/C27H44N2O5/c1-17-7-9-21(10-8-17)28-24(31)6-4-5-11-29-25(32)15-20(16-26(29)33)14-23(30)22-13-18(2)12-19(3)27(22)34/h17-23,30H,4-16H2,1-3H3,(H,28,31)/t17?,18-,19-,21?,22?,23+/m0/s1. The molecule has 34 heavy (non-hydrogen) atoms. The number of aliphatic hydroxyl groups excluding tert-OH is 1. The van der Waals surface area contributed by atoms with Crippen molar-refractivity contribution in [2.45, 2.75) is 110 Å². The van der Waals surface area contributed by atoms with Crippen LogP contribution in [-0.2, 0) is 19.2 Å². The van der Waals surface area contributed by atoms with E-state index in [1.807, 2.05) is 6.92 Å². The molecule has 3 rings (SSSR count). The second kappa shape index (κ2) is 12.3. The number of nitrogens with one attached hydrogen (secondary N) is 1. The predicted molar refractivity (Wildman–Crippen MR) is 130 cm³/mol. The van der Waals surface area contributed by atoms with Gasteiger partial charge in [-0.05, 0) is 75.5 Å². The first-order chi connectivity index (χ1) is 16.1. The molecule has 3 aliphatic rings. The van der Waals surface area contributed by atoms with E-state index in [1.54, 1.807) is 0 Å². The summed E-state index contributed by atoms with van der Waals surface area (Å²) in [6.45, 7) is 6.62. The molecule has 4 atom stereocenters. The van der Waals surface area contributed by atoms with Crippen LogP contribution >= 0.6 is 0 Å². The Hall–Kier alpha value is -1.76. The van der Waals surface area contributed by atoms with Crippen LogP contribution in [0.1, 0.15) is 97.8 Å². The highest BCUT2D eigenvalue weighted by molar-refractivity contribution is 5.97. The molecule has 0 radical (unpaired) electrons. The van der Waals surface area contributed by atoms with Gasteiger partial charge in [0.1, 0.15) is 5.78 Å². The molecule has 2 aliphatic carbocycles. The molecule has 1 heterocycles. The van der Waals surface area contributed by atoms with Gasteiger partial charge in [0.05, 0.1) is 6.10 Å². The Labute approximate surface area is 204 Å². The minimum Gasteiger partial charge on any atom is -0.392 e. The lowest BCUT2D eigenvalue weighted by Gasteiger charge is -2.36. The number of Topliss-reactive ketones (excluding diaryl/α,β-unsaturated/α-hetero) is 1. The van der Waals surface area contributed by atoms with Gasteiger partial charge in [-0.1, -0.05) is 20.8 Å². The normalized spacial score (nSPS) is 32.1. The second-order valence-electron chi connectivity index (χ2n) is 11.5. The van der Waals surface area contributed by atoms with Crippen LogP contribution in [0.2, 0.25) is 0 Å². The Balaban J connectivity index is 1.36. The number of unbranched alkanes of at least 4 members (excludes halogenated alkanes) is 1. The summed E-state index contributed by atoms with van der Waals surface area (Å²) in [5, 5.41) is 13.9. The smallest absolute Gasteiger partial charge is 0.229 e. The Morgan fingerprint density at radius 1 is 0.971 bits per heavy atom. The van der Waals surface area contributed by atoms with E-state index in [1.165, 1.54) is 4.90 Å². The van der Waals surface area contributed by atoms with Gasteiger partial charge in [-0.3, -0.25) is 24.1 Å². The van der Waals surface area contributed by atoms with Crippen LogP contribution in [-0.4, -0.2) is 52.2 Å². The van der Waals surface area contributed by atoms with E-state index in [-0.39, 0.29) is 60.1 Å². The summed E-state index contributed by atoms with van der Waals surface area (Å²) in [5.74, 6) is 0.275.